The third-order valence-electron chi connectivity index (χ3n) is 4.47. The molecule has 1 amide bonds. The average Bonchev–Trinajstić information content (AvgIpc) is 3.07. The van der Waals surface area contributed by atoms with Crippen molar-refractivity contribution in [2.24, 2.45) is 0 Å². The maximum absolute atomic E-state index is 13.8. The molecule has 152 valence electrons. The van der Waals surface area contributed by atoms with Crippen molar-refractivity contribution in [3.05, 3.63) is 80.8 Å². The Morgan fingerprint density at radius 2 is 1.93 bits per heavy atom. The summed E-state index contributed by atoms with van der Waals surface area (Å²) in [7, 11) is 1.84. The van der Waals surface area contributed by atoms with Crippen LogP contribution < -0.4 is 5.32 Å². The molecule has 0 spiro atoms. The number of aromatic nitrogens is 1. The molecule has 1 aromatic heterocycles. The van der Waals surface area contributed by atoms with Gasteiger partial charge >= 0.3 is 0 Å². The number of hydrogen-bond donors (Lipinski definition) is 1. The van der Waals surface area contributed by atoms with E-state index in [4.69, 9.17) is 0 Å². The van der Waals surface area contributed by atoms with Crippen LogP contribution in [0.15, 0.2) is 41.8 Å². The highest BCUT2D eigenvalue weighted by Gasteiger charge is 2.12. The zero-order valence-electron chi connectivity index (χ0n) is 16.6. The average molecular weight is 416 g/mol. The zero-order chi connectivity index (χ0) is 21.0. The van der Waals surface area contributed by atoms with E-state index in [1.807, 2.05) is 49.4 Å². The molecule has 29 heavy (non-hydrogen) atoms. The zero-order valence-corrected chi connectivity index (χ0v) is 17.4. The van der Waals surface area contributed by atoms with Gasteiger partial charge in [-0.3, -0.25) is 9.69 Å². The fourth-order valence-electron chi connectivity index (χ4n) is 2.98. The number of hydrogen-bond acceptors (Lipinski definition) is 4. The van der Waals surface area contributed by atoms with E-state index in [2.05, 4.69) is 10.3 Å². The Labute approximate surface area is 173 Å². The van der Waals surface area contributed by atoms with Gasteiger partial charge in [-0.25, -0.2) is 13.8 Å². The van der Waals surface area contributed by atoms with Gasteiger partial charge in [-0.2, -0.15) is 0 Å². The molecule has 0 saturated carbocycles. The van der Waals surface area contributed by atoms with Crippen molar-refractivity contribution < 1.29 is 13.6 Å². The van der Waals surface area contributed by atoms with Gasteiger partial charge in [0.05, 0.1) is 12.1 Å². The molecule has 1 N–H and O–H groups in total. The van der Waals surface area contributed by atoms with Crippen molar-refractivity contribution in [1.82, 2.24) is 9.88 Å². The number of anilines is 1. The summed E-state index contributed by atoms with van der Waals surface area (Å²) in [6, 6.07) is 9.52. The summed E-state index contributed by atoms with van der Waals surface area (Å²) >= 11 is 1.43. The highest BCUT2D eigenvalue weighted by Crippen LogP contribution is 2.18. The van der Waals surface area contributed by atoms with Crippen LogP contribution in [-0.4, -0.2) is 22.8 Å². The van der Waals surface area contributed by atoms with Gasteiger partial charge < -0.3 is 5.32 Å². The first-order valence-electron chi connectivity index (χ1n) is 9.23. The monoisotopic (exact) mass is 415 g/mol. The quantitative estimate of drug-likeness (QED) is 0.600. The van der Waals surface area contributed by atoms with Crippen molar-refractivity contribution in [2.45, 2.75) is 33.4 Å². The van der Waals surface area contributed by atoms with Crippen molar-refractivity contribution in [1.29, 1.82) is 0 Å². The summed E-state index contributed by atoms with van der Waals surface area (Å²) in [5, 5.41) is 5.56. The number of halogens is 2. The van der Waals surface area contributed by atoms with E-state index in [1.165, 1.54) is 23.5 Å². The first-order chi connectivity index (χ1) is 13.8. The largest absolute Gasteiger partial charge is 0.325 e. The van der Waals surface area contributed by atoms with Crippen LogP contribution in [0.2, 0.25) is 0 Å². The number of thiazole rings is 1. The molecule has 0 aliphatic carbocycles. The summed E-state index contributed by atoms with van der Waals surface area (Å²) in [5.74, 6) is -1.25. The molecular formula is C22H23F2N3OS. The molecule has 4 nitrogen and oxygen atoms in total. The topological polar surface area (TPSA) is 45.2 Å². The Bertz CT molecular complexity index is 1020. The third kappa shape index (κ3) is 5.92. The maximum atomic E-state index is 13.8. The molecule has 0 atom stereocenters. The highest BCUT2D eigenvalue weighted by molar-refractivity contribution is 7.09. The van der Waals surface area contributed by atoms with E-state index in [9.17, 15) is 13.6 Å². The number of carbonyl (C=O) groups is 1. The van der Waals surface area contributed by atoms with Crippen LogP contribution in [0.25, 0.3) is 0 Å². The van der Waals surface area contributed by atoms with E-state index in [0.29, 0.717) is 18.7 Å². The van der Waals surface area contributed by atoms with Crippen molar-refractivity contribution in [2.75, 3.05) is 12.4 Å². The van der Waals surface area contributed by atoms with Crippen molar-refractivity contribution in [3.8, 4) is 0 Å². The lowest BCUT2D eigenvalue weighted by atomic mass is 10.1. The van der Waals surface area contributed by atoms with Crippen molar-refractivity contribution >= 4 is 22.9 Å². The first-order valence-corrected chi connectivity index (χ1v) is 10.1. The van der Waals surface area contributed by atoms with Gasteiger partial charge in [0, 0.05) is 35.8 Å². The Balaban J connectivity index is 1.56. The number of amides is 1. The van der Waals surface area contributed by atoms with Crippen LogP contribution >= 0.6 is 11.3 Å². The molecule has 3 rings (SSSR count). The minimum Gasteiger partial charge on any atom is -0.325 e. The van der Waals surface area contributed by atoms with Gasteiger partial charge in [0.25, 0.3) is 0 Å². The fourth-order valence-corrected chi connectivity index (χ4v) is 3.76. The number of aryl methyl sites for hydroxylation is 2. The van der Waals surface area contributed by atoms with Gasteiger partial charge in [-0.1, -0.05) is 18.2 Å². The minimum absolute atomic E-state index is 0.110. The lowest BCUT2D eigenvalue weighted by Crippen LogP contribution is -2.18. The van der Waals surface area contributed by atoms with Gasteiger partial charge in [0.1, 0.15) is 16.6 Å². The minimum atomic E-state index is -0.586. The number of nitrogens with zero attached hydrogens (tertiary/aromatic N) is 2. The molecule has 2 aromatic carbocycles. The molecule has 3 aromatic rings. The molecule has 0 saturated heterocycles. The van der Waals surface area contributed by atoms with Gasteiger partial charge in [-0.15, -0.1) is 11.3 Å². The second-order valence-corrected chi connectivity index (χ2v) is 8.13. The van der Waals surface area contributed by atoms with E-state index in [-0.39, 0.29) is 12.3 Å². The number of rotatable bonds is 7. The Morgan fingerprint density at radius 3 is 2.69 bits per heavy atom. The molecule has 0 aliphatic heterocycles. The smallest absolute Gasteiger partial charge is 0.231 e. The summed E-state index contributed by atoms with van der Waals surface area (Å²) in [5.41, 5.74) is 4.15. The Hall–Kier alpha value is -2.64. The van der Waals surface area contributed by atoms with Gasteiger partial charge in [-0.05, 0) is 44.2 Å². The van der Waals surface area contributed by atoms with Crippen LogP contribution in [0.3, 0.4) is 0 Å². The van der Waals surface area contributed by atoms with E-state index < -0.39 is 11.6 Å². The van der Waals surface area contributed by atoms with Crippen LogP contribution in [0.4, 0.5) is 14.5 Å². The molecule has 0 aliphatic rings. The van der Waals surface area contributed by atoms with Crippen LogP contribution in [-0.2, 0) is 24.3 Å². The predicted octanol–water partition coefficient (Wildman–Crippen LogP) is 4.85. The van der Waals surface area contributed by atoms with E-state index in [0.717, 1.165) is 33.6 Å². The van der Waals surface area contributed by atoms with Crippen LogP contribution in [0.5, 0.6) is 0 Å². The lowest BCUT2D eigenvalue weighted by molar-refractivity contribution is -0.115. The highest BCUT2D eigenvalue weighted by atomic mass is 32.1. The van der Waals surface area contributed by atoms with E-state index in [1.54, 1.807) is 0 Å². The number of benzene rings is 2. The molecular weight excluding hydrogens is 392 g/mol. The summed E-state index contributed by atoms with van der Waals surface area (Å²) in [6.45, 7) is 4.78. The molecule has 0 radical (unpaired) electrons. The molecule has 0 fully saturated rings. The summed E-state index contributed by atoms with van der Waals surface area (Å²) < 4.78 is 26.8. The number of nitrogens with one attached hydrogen (secondary N) is 1. The summed E-state index contributed by atoms with van der Waals surface area (Å²) in [4.78, 5) is 18.8. The summed E-state index contributed by atoms with van der Waals surface area (Å²) in [6.07, 6.45) is 0.203. The van der Waals surface area contributed by atoms with Gasteiger partial charge in [0.2, 0.25) is 5.91 Å². The number of carbonyl (C=O) groups excluding carboxylic acids is 1. The van der Waals surface area contributed by atoms with Crippen molar-refractivity contribution in [3.63, 3.8) is 0 Å². The lowest BCUT2D eigenvalue weighted by Gasteiger charge is -2.15. The molecule has 1 heterocycles. The van der Waals surface area contributed by atoms with E-state index >= 15 is 0 Å². The molecule has 0 bridgehead atoms. The fraction of sp³-hybridized carbons (Fsp3) is 0.273. The Kier molecular flexibility index (Phi) is 6.71. The SMILES string of the molecule is Cc1ccc(C)c(NC(=O)Cc2nc(CN(C)Cc3ccc(F)cc3F)cs2)c1. The molecule has 7 heteroatoms. The van der Waals surface area contributed by atoms with Gasteiger partial charge in [0.15, 0.2) is 0 Å². The second kappa shape index (κ2) is 9.24. The standard InChI is InChI=1S/C22H23F2N3OS/c1-14-4-5-15(2)20(8-14)26-21(28)10-22-25-18(13-29-22)12-27(3)11-16-6-7-17(23)9-19(16)24/h4-9,13H,10-12H2,1-3H3,(H,26,28). The van der Waals surface area contributed by atoms with Crippen LogP contribution in [0.1, 0.15) is 27.4 Å². The maximum Gasteiger partial charge on any atom is 0.231 e. The van der Waals surface area contributed by atoms with Crippen LogP contribution in [0, 0.1) is 25.5 Å². The normalized spacial score (nSPS) is 11.1. The predicted molar refractivity (Wildman–Crippen MR) is 112 cm³/mol. The Morgan fingerprint density at radius 1 is 1.14 bits per heavy atom. The second-order valence-electron chi connectivity index (χ2n) is 7.18. The third-order valence-corrected chi connectivity index (χ3v) is 5.36. The molecule has 0 unspecified atom stereocenters. The first kappa shape index (κ1) is 21.1.